The number of fused-ring (bicyclic) bond motifs is 1. The molecule has 8 nitrogen and oxygen atoms in total. The molecule has 10 heteroatoms. The van der Waals surface area contributed by atoms with E-state index in [9.17, 15) is 8.42 Å². The summed E-state index contributed by atoms with van der Waals surface area (Å²) in [6.45, 7) is 4.36. The third-order valence-corrected chi connectivity index (χ3v) is 7.77. The number of aromatic nitrogens is 3. The number of benzene rings is 3. The molecule has 0 radical (unpaired) electrons. The molecule has 0 spiro atoms. The highest BCUT2D eigenvalue weighted by atomic mass is 32.2. The Labute approximate surface area is 219 Å². The van der Waals surface area contributed by atoms with E-state index in [0.717, 1.165) is 11.3 Å². The fourth-order valence-corrected chi connectivity index (χ4v) is 5.57. The molecule has 0 N–H and O–H groups in total. The van der Waals surface area contributed by atoms with E-state index in [2.05, 4.69) is 15.1 Å². The normalized spacial score (nSPS) is 11.6. The molecule has 0 aliphatic rings. The number of hydrogen-bond acceptors (Lipinski definition) is 8. The lowest BCUT2D eigenvalue weighted by Crippen LogP contribution is -2.05. The van der Waals surface area contributed by atoms with Crippen molar-refractivity contribution in [2.75, 3.05) is 13.7 Å². The van der Waals surface area contributed by atoms with Crippen molar-refractivity contribution in [2.24, 2.45) is 0 Å². The van der Waals surface area contributed by atoms with E-state index in [-0.39, 0.29) is 10.6 Å². The molecule has 2 heterocycles. The lowest BCUT2D eigenvalue weighted by atomic mass is 9.98. The van der Waals surface area contributed by atoms with E-state index in [4.69, 9.17) is 14.0 Å². The molecule has 0 unspecified atom stereocenters. The average Bonchev–Trinajstić information content (AvgIpc) is 3.41. The van der Waals surface area contributed by atoms with Crippen molar-refractivity contribution < 1.29 is 26.8 Å². The number of ether oxygens (including phenoxy) is 2. The first-order valence-electron chi connectivity index (χ1n) is 11.8. The molecule has 0 atom stereocenters. The Morgan fingerprint density at radius 3 is 2.53 bits per heavy atom. The van der Waals surface area contributed by atoms with E-state index in [1.54, 1.807) is 18.2 Å². The van der Waals surface area contributed by atoms with Crippen molar-refractivity contribution in [3.8, 4) is 33.9 Å². The fraction of sp³-hybridized carbons (Fsp3) is 0.179. The zero-order chi connectivity index (χ0) is 26.9. The second-order valence-corrected chi connectivity index (χ2v) is 10.6. The molecular weight excluding hydrogens is 509 g/mol. The monoisotopic (exact) mass is 533 g/mol. The van der Waals surface area contributed by atoms with Gasteiger partial charge in [-0.25, -0.2) is 22.8 Å². The van der Waals surface area contributed by atoms with Crippen LogP contribution in [0, 0.1) is 12.7 Å². The van der Waals surface area contributed by atoms with Crippen LogP contribution in [0.2, 0.25) is 0 Å². The molecule has 0 saturated heterocycles. The maximum atomic E-state index is 15.5. The molecular formula is C28H24FN3O5S. The summed E-state index contributed by atoms with van der Waals surface area (Å²) >= 11 is 0. The molecule has 0 fully saturated rings. The van der Waals surface area contributed by atoms with Gasteiger partial charge in [0.25, 0.3) is 0 Å². The summed E-state index contributed by atoms with van der Waals surface area (Å²) in [6, 6.07) is 14.5. The van der Waals surface area contributed by atoms with Crippen molar-refractivity contribution in [3.63, 3.8) is 0 Å². The maximum absolute atomic E-state index is 15.5. The Bertz CT molecular complexity index is 1740. The first-order valence-corrected chi connectivity index (χ1v) is 13.4. The SMILES string of the molecule is CCOc1ccc(-c2cc(OC)c(-c3ncnc4cc(S(=O)(=O)Cc5ccon5)ccc34)cc2F)cc1C. The summed E-state index contributed by atoms with van der Waals surface area (Å²) in [5.41, 5.74) is 3.48. The molecule has 5 rings (SSSR count). The van der Waals surface area contributed by atoms with Crippen molar-refractivity contribution in [1.82, 2.24) is 15.1 Å². The predicted molar refractivity (Wildman–Crippen MR) is 140 cm³/mol. The molecule has 0 aliphatic heterocycles. The number of halogens is 1. The second kappa shape index (κ2) is 10.2. The third-order valence-electron chi connectivity index (χ3n) is 6.13. The molecule has 0 amide bonds. The van der Waals surface area contributed by atoms with Gasteiger partial charge in [-0.2, -0.15) is 0 Å². The standard InChI is InChI=1S/C28H24FN3O5S/c1-4-36-26-8-5-18(11-17(26)2)22-14-27(35-3)23(13-24(22)29)28-21-7-6-20(12-25(21)30-16-31-28)38(33,34)15-19-9-10-37-32-19/h5-14,16H,4,15H2,1-3H3. The summed E-state index contributed by atoms with van der Waals surface area (Å²) < 4.78 is 57.3. The van der Waals surface area contributed by atoms with Crippen LogP contribution in [0.25, 0.3) is 33.3 Å². The summed E-state index contributed by atoms with van der Waals surface area (Å²) in [7, 11) is -2.19. The van der Waals surface area contributed by atoms with Gasteiger partial charge in [-0.05, 0) is 67.4 Å². The molecule has 38 heavy (non-hydrogen) atoms. The maximum Gasteiger partial charge on any atom is 0.184 e. The number of hydrogen-bond donors (Lipinski definition) is 0. The summed E-state index contributed by atoms with van der Waals surface area (Å²) in [5, 5.41) is 4.23. The average molecular weight is 534 g/mol. The quantitative estimate of drug-likeness (QED) is 0.247. The van der Waals surface area contributed by atoms with Gasteiger partial charge in [-0.3, -0.25) is 0 Å². The van der Waals surface area contributed by atoms with Gasteiger partial charge in [-0.1, -0.05) is 11.2 Å². The predicted octanol–water partition coefficient (Wildman–Crippen LogP) is 5.78. The largest absolute Gasteiger partial charge is 0.496 e. The van der Waals surface area contributed by atoms with Gasteiger partial charge in [0, 0.05) is 22.6 Å². The molecule has 0 bridgehead atoms. The van der Waals surface area contributed by atoms with Crippen LogP contribution in [0.5, 0.6) is 11.5 Å². The second-order valence-electron chi connectivity index (χ2n) is 8.60. The lowest BCUT2D eigenvalue weighted by Gasteiger charge is -2.15. The zero-order valence-corrected chi connectivity index (χ0v) is 21.8. The smallest absolute Gasteiger partial charge is 0.184 e. The van der Waals surface area contributed by atoms with Gasteiger partial charge in [0.1, 0.15) is 35.7 Å². The number of aryl methyl sites for hydroxylation is 1. The highest BCUT2D eigenvalue weighted by Gasteiger charge is 2.21. The Morgan fingerprint density at radius 2 is 1.82 bits per heavy atom. The van der Waals surface area contributed by atoms with Crippen LogP contribution in [0.1, 0.15) is 18.2 Å². The number of sulfone groups is 1. The minimum Gasteiger partial charge on any atom is -0.496 e. The van der Waals surface area contributed by atoms with Crippen molar-refractivity contribution in [1.29, 1.82) is 0 Å². The van der Waals surface area contributed by atoms with E-state index in [0.29, 0.717) is 51.3 Å². The van der Waals surface area contributed by atoms with Gasteiger partial charge in [-0.15, -0.1) is 0 Å². The van der Waals surface area contributed by atoms with Crippen LogP contribution in [0.4, 0.5) is 4.39 Å². The molecule has 2 aromatic heterocycles. The van der Waals surface area contributed by atoms with Crippen LogP contribution in [0.15, 0.2) is 76.6 Å². The van der Waals surface area contributed by atoms with Crippen LogP contribution >= 0.6 is 0 Å². The lowest BCUT2D eigenvalue weighted by molar-refractivity contribution is 0.338. The molecule has 0 aliphatic carbocycles. The van der Waals surface area contributed by atoms with Gasteiger partial charge >= 0.3 is 0 Å². The van der Waals surface area contributed by atoms with Crippen LogP contribution in [0.3, 0.4) is 0 Å². The van der Waals surface area contributed by atoms with Crippen molar-refractivity contribution >= 4 is 20.7 Å². The van der Waals surface area contributed by atoms with Crippen molar-refractivity contribution in [2.45, 2.75) is 24.5 Å². The minimum absolute atomic E-state index is 0.0806. The molecule has 194 valence electrons. The number of rotatable bonds is 8. The summed E-state index contributed by atoms with van der Waals surface area (Å²) in [4.78, 5) is 8.72. The van der Waals surface area contributed by atoms with Crippen LogP contribution in [-0.4, -0.2) is 37.3 Å². The number of nitrogens with zero attached hydrogens (tertiary/aromatic N) is 3. The van der Waals surface area contributed by atoms with Crippen LogP contribution in [-0.2, 0) is 15.6 Å². The van der Waals surface area contributed by atoms with E-state index < -0.39 is 15.7 Å². The van der Waals surface area contributed by atoms with Crippen molar-refractivity contribution in [3.05, 3.63) is 84.3 Å². The Hall–Kier alpha value is -4.31. The van der Waals surface area contributed by atoms with Gasteiger partial charge < -0.3 is 14.0 Å². The highest BCUT2D eigenvalue weighted by Crippen LogP contribution is 2.39. The molecule has 3 aromatic carbocycles. The van der Waals surface area contributed by atoms with Gasteiger partial charge in [0.15, 0.2) is 9.84 Å². The summed E-state index contributed by atoms with van der Waals surface area (Å²) in [6.07, 6.45) is 2.63. The first-order chi connectivity index (χ1) is 18.3. The summed E-state index contributed by atoms with van der Waals surface area (Å²) in [5.74, 6) is 0.395. The first kappa shape index (κ1) is 25.3. The van der Waals surface area contributed by atoms with Crippen LogP contribution < -0.4 is 9.47 Å². The Morgan fingerprint density at radius 1 is 0.974 bits per heavy atom. The molecule has 0 saturated carbocycles. The van der Waals surface area contributed by atoms with E-state index >= 15 is 4.39 Å². The third kappa shape index (κ3) is 4.82. The number of methoxy groups -OCH3 is 1. The fourth-order valence-electron chi connectivity index (χ4n) is 4.30. The van der Waals surface area contributed by atoms with Gasteiger partial charge in [0.2, 0.25) is 0 Å². The van der Waals surface area contributed by atoms with E-state index in [1.165, 1.54) is 44.0 Å². The van der Waals surface area contributed by atoms with E-state index in [1.807, 2.05) is 26.0 Å². The molecule has 5 aromatic rings. The minimum atomic E-state index is -3.69. The zero-order valence-electron chi connectivity index (χ0n) is 20.9. The highest BCUT2D eigenvalue weighted by molar-refractivity contribution is 7.90. The topological polar surface area (TPSA) is 104 Å². The van der Waals surface area contributed by atoms with Gasteiger partial charge in [0.05, 0.1) is 35.5 Å². The Kier molecular flexibility index (Phi) is 6.81. The Balaban J connectivity index is 1.56.